The first-order valence-electron chi connectivity index (χ1n) is 6.58. The Hall–Kier alpha value is 0. The van der Waals surface area contributed by atoms with Crippen LogP contribution in [0.25, 0.3) is 0 Å². The van der Waals surface area contributed by atoms with Gasteiger partial charge in [-0.3, -0.25) is 0 Å². The van der Waals surface area contributed by atoms with Crippen LogP contribution in [0.5, 0.6) is 0 Å². The van der Waals surface area contributed by atoms with E-state index >= 15 is 0 Å². The van der Waals surface area contributed by atoms with Gasteiger partial charge in [0.1, 0.15) is 0 Å². The lowest BCUT2D eigenvalue weighted by atomic mass is 9.77. The SMILES string of the molecule is CCCCCC1CCC(C)(C(C)C)C1. The maximum absolute atomic E-state index is 2.50. The minimum atomic E-state index is 0.664. The fourth-order valence-corrected chi connectivity index (χ4v) is 2.85. The molecule has 2 unspecified atom stereocenters. The van der Waals surface area contributed by atoms with Crippen LogP contribution in [-0.2, 0) is 0 Å². The van der Waals surface area contributed by atoms with E-state index in [-0.39, 0.29) is 0 Å². The minimum Gasteiger partial charge on any atom is -0.0654 e. The summed E-state index contributed by atoms with van der Waals surface area (Å²) in [6.45, 7) is 9.59. The molecule has 0 aliphatic heterocycles. The average molecular weight is 196 g/mol. The van der Waals surface area contributed by atoms with Crippen molar-refractivity contribution in [3.63, 3.8) is 0 Å². The van der Waals surface area contributed by atoms with Crippen molar-refractivity contribution >= 4 is 0 Å². The largest absolute Gasteiger partial charge is 0.0654 e. The molecule has 1 rings (SSSR count). The van der Waals surface area contributed by atoms with Crippen molar-refractivity contribution < 1.29 is 0 Å². The first-order chi connectivity index (χ1) is 6.58. The second-order valence-electron chi connectivity index (χ2n) is 5.91. The summed E-state index contributed by atoms with van der Waals surface area (Å²) in [6.07, 6.45) is 10.2. The number of unbranched alkanes of at least 4 members (excludes halogenated alkanes) is 2. The lowest BCUT2D eigenvalue weighted by Crippen LogP contribution is -2.19. The van der Waals surface area contributed by atoms with Gasteiger partial charge in [0.15, 0.2) is 0 Å². The van der Waals surface area contributed by atoms with Gasteiger partial charge in [0.2, 0.25) is 0 Å². The summed E-state index contributed by atoms with van der Waals surface area (Å²) in [6, 6.07) is 0. The topological polar surface area (TPSA) is 0 Å². The van der Waals surface area contributed by atoms with E-state index in [0.717, 1.165) is 11.8 Å². The van der Waals surface area contributed by atoms with E-state index in [1.807, 2.05) is 0 Å². The third-order valence-electron chi connectivity index (χ3n) is 4.49. The van der Waals surface area contributed by atoms with E-state index in [1.54, 1.807) is 0 Å². The van der Waals surface area contributed by atoms with Crippen molar-refractivity contribution in [3.05, 3.63) is 0 Å². The highest BCUT2D eigenvalue weighted by Gasteiger charge is 2.36. The predicted molar refractivity (Wildman–Crippen MR) is 64.4 cm³/mol. The van der Waals surface area contributed by atoms with Crippen molar-refractivity contribution in [2.24, 2.45) is 17.3 Å². The molecule has 1 fully saturated rings. The van der Waals surface area contributed by atoms with Crippen LogP contribution in [0.15, 0.2) is 0 Å². The van der Waals surface area contributed by atoms with E-state index in [1.165, 1.54) is 44.9 Å². The Bertz CT molecular complexity index is 159. The highest BCUT2D eigenvalue weighted by molar-refractivity contribution is 4.87. The molecular weight excluding hydrogens is 168 g/mol. The van der Waals surface area contributed by atoms with Gasteiger partial charge in [0.05, 0.1) is 0 Å². The fourth-order valence-electron chi connectivity index (χ4n) is 2.85. The van der Waals surface area contributed by atoms with Gasteiger partial charge in [-0.2, -0.15) is 0 Å². The lowest BCUT2D eigenvalue weighted by molar-refractivity contribution is 0.215. The van der Waals surface area contributed by atoms with Crippen molar-refractivity contribution in [3.8, 4) is 0 Å². The second-order valence-corrected chi connectivity index (χ2v) is 5.91. The molecular formula is C14H28. The van der Waals surface area contributed by atoms with Crippen LogP contribution in [-0.4, -0.2) is 0 Å². The Kier molecular flexibility index (Phi) is 4.47. The molecule has 14 heavy (non-hydrogen) atoms. The first-order valence-corrected chi connectivity index (χ1v) is 6.58. The standard InChI is InChI=1S/C14H28/c1-5-6-7-8-13-9-10-14(4,11-13)12(2)3/h12-13H,5-11H2,1-4H3. The molecule has 0 amide bonds. The Morgan fingerprint density at radius 3 is 2.50 bits per heavy atom. The second kappa shape index (κ2) is 5.19. The number of hydrogen-bond donors (Lipinski definition) is 0. The van der Waals surface area contributed by atoms with Gasteiger partial charge < -0.3 is 0 Å². The maximum atomic E-state index is 2.50. The van der Waals surface area contributed by atoms with E-state index in [0.29, 0.717) is 5.41 Å². The molecule has 1 aliphatic rings. The maximum Gasteiger partial charge on any atom is -0.0300 e. The Labute approximate surface area is 90.5 Å². The molecule has 0 aromatic rings. The van der Waals surface area contributed by atoms with Crippen LogP contribution in [0, 0.1) is 17.3 Å². The van der Waals surface area contributed by atoms with Crippen LogP contribution in [0.3, 0.4) is 0 Å². The zero-order valence-corrected chi connectivity index (χ0v) is 10.6. The highest BCUT2D eigenvalue weighted by atomic mass is 14.4. The van der Waals surface area contributed by atoms with E-state index in [4.69, 9.17) is 0 Å². The molecule has 0 aromatic carbocycles. The smallest absolute Gasteiger partial charge is 0.0300 e. The molecule has 1 aliphatic carbocycles. The summed E-state index contributed by atoms with van der Waals surface area (Å²) >= 11 is 0. The van der Waals surface area contributed by atoms with Gasteiger partial charge in [-0.15, -0.1) is 0 Å². The molecule has 84 valence electrons. The third-order valence-corrected chi connectivity index (χ3v) is 4.49. The van der Waals surface area contributed by atoms with Crippen LogP contribution in [0.1, 0.15) is 72.6 Å². The van der Waals surface area contributed by atoms with Gasteiger partial charge in [-0.05, 0) is 36.5 Å². The fraction of sp³-hybridized carbons (Fsp3) is 1.00. The molecule has 2 atom stereocenters. The van der Waals surface area contributed by atoms with Gasteiger partial charge in [0.25, 0.3) is 0 Å². The molecule has 0 spiro atoms. The van der Waals surface area contributed by atoms with Crippen LogP contribution < -0.4 is 0 Å². The monoisotopic (exact) mass is 196 g/mol. The summed E-state index contributed by atoms with van der Waals surface area (Å²) < 4.78 is 0. The van der Waals surface area contributed by atoms with E-state index < -0.39 is 0 Å². The summed E-state index contributed by atoms with van der Waals surface area (Å²) in [7, 11) is 0. The summed E-state index contributed by atoms with van der Waals surface area (Å²) in [5, 5.41) is 0. The highest BCUT2D eigenvalue weighted by Crippen LogP contribution is 2.48. The summed E-state index contributed by atoms with van der Waals surface area (Å²) in [4.78, 5) is 0. The number of hydrogen-bond acceptors (Lipinski definition) is 0. The Balaban J connectivity index is 2.26. The third kappa shape index (κ3) is 3.00. The molecule has 0 N–H and O–H groups in total. The predicted octanol–water partition coefficient (Wildman–Crippen LogP) is 5.03. The Morgan fingerprint density at radius 1 is 1.29 bits per heavy atom. The van der Waals surface area contributed by atoms with Crippen molar-refractivity contribution in [1.29, 1.82) is 0 Å². The molecule has 0 bridgehead atoms. The average Bonchev–Trinajstić information content (AvgIpc) is 2.50. The quantitative estimate of drug-likeness (QED) is 0.541. The molecule has 0 saturated heterocycles. The van der Waals surface area contributed by atoms with Crippen molar-refractivity contribution in [2.75, 3.05) is 0 Å². The van der Waals surface area contributed by atoms with E-state index in [9.17, 15) is 0 Å². The van der Waals surface area contributed by atoms with Crippen LogP contribution >= 0.6 is 0 Å². The minimum absolute atomic E-state index is 0.664. The van der Waals surface area contributed by atoms with Gasteiger partial charge in [-0.1, -0.05) is 53.4 Å². The normalized spacial score (nSPS) is 32.8. The lowest BCUT2D eigenvalue weighted by Gasteiger charge is -2.29. The molecule has 0 heteroatoms. The number of rotatable bonds is 5. The van der Waals surface area contributed by atoms with Crippen molar-refractivity contribution in [1.82, 2.24) is 0 Å². The summed E-state index contributed by atoms with van der Waals surface area (Å²) in [5.41, 5.74) is 0.664. The molecule has 0 radical (unpaired) electrons. The molecule has 0 nitrogen and oxygen atoms in total. The first kappa shape index (κ1) is 12.1. The van der Waals surface area contributed by atoms with Gasteiger partial charge in [0, 0.05) is 0 Å². The molecule has 1 saturated carbocycles. The van der Waals surface area contributed by atoms with Crippen molar-refractivity contribution in [2.45, 2.75) is 72.6 Å². The van der Waals surface area contributed by atoms with E-state index in [2.05, 4.69) is 27.7 Å². The van der Waals surface area contributed by atoms with Gasteiger partial charge >= 0.3 is 0 Å². The zero-order valence-electron chi connectivity index (χ0n) is 10.6. The van der Waals surface area contributed by atoms with Crippen LogP contribution in [0.2, 0.25) is 0 Å². The molecule has 0 aromatic heterocycles. The zero-order chi connectivity index (χ0) is 10.6. The van der Waals surface area contributed by atoms with Crippen LogP contribution in [0.4, 0.5) is 0 Å². The van der Waals surface area contributed by atoms with Gasteiger partial charge in [-0.25, -0.2) is 0 Å². The molecule has 0 heterocycles. The summed E-state index contributed by atoms with van der Waals surface area (Å²) in [5.74, 6) is 1.92. The Morgan fingerprint density at radius 2 is 2.00 bits per heavy atom.